The number of phenols is 1. The number of hydrogen-bond donors (Lipinski definition) is 1. The van der Waals surface area contributed by atoms with Gasteiger partial charge in [0.05, 0.1) is 26.9 Å². The predicted octanol–water partition coefficient (Wildman–Crippen LogP) is 5.88. The van der Waals surface area contributed by atoms with Gasteiger partial charge in [0.15, 0.2) is 12.4 Å². The van der Waals surface area contributed by atoms with Crippen LogP contribution in [0.15, 0.2) is 60.7 Å². The Morgan fingerprint density at radius 3 is 2.20 bits per heavy atom. The zero-order valence-electron chi connectivity index (χ0n) is 23.6. The van der Waals surface area contributed by atoms with Crippen LogP contribution in [0.5, 0.6) is 28.7 Å². The van der Waals surface area contributed by atoms with Crippen molar-refractivity contribution in [2.24, 2.45) is 0 Å². The van der Waals surface area contributed by atoms with Gasteiger partial charge < -0.3 is 29.0 Å². The van der Waals surface area contributed by atoms with Gasteiger partial charge in [-0.3, -0.25) is 9.59 Å². The molecule has 4 rings (SSSR count). The Labute approximate surface area is 240 Å². The zero-order valence-corrected chi connectivity index (χ0v) is 23.6. The Bertz CT molecular complexity index is 1420. The first-order valence-electron chi connectivity index (χ1n) is 13.5. The monoisotopic (exact) mass is 557 g/mol. The van der Waals surface area contributed by atoms with Crippen molar-refractivity contribution in [3.8, 4) is 28.7 Å². The maximum atomic E-state index is 12.9. The Morgan fingerprint density at radius 2 is 1.51 bits per heavy atom. The van der Waals surface area contributed by atoms with Crippen LogP contribution in [0.25, 0.3) is 18.2 Å². The quantitative estimate of drug-likeness (QED) is 0.179. The number of likely N-dealkylation sites (tertiary alicyclic amines) is 1. The summed E-state index contributed by atoms with van der Waals surface area (Å²) in [5.74, 6) is 1.70. The van der Waals surface area contributed by atoms with E-state index in [0.29, 0.717) is 28.6 Å². The molecule has 0 aliphatic carbocycles. The fourth-order valence-electron chi connectivity index (χ4n) is 4.55. The average molecular weight is 558 g/mol. The van der Waals surface area contributed by atoms with E-state index < -0.39 is 0 Å². The van der Waals surface area contributed by atoms with Gasteiger partial charge in [0.25, 0.3) is 5.91 Å². The third-order valence-corrected chi connectivity index (χ3v) is 6.88. The van der Waals surface area contributed by atoms with Crippen molar-refractivity contribution in [3.63, 3.8) is 0 Å². The van der Waals surface area contributed by atoms with Crippen LogP contribution in [0.1, 0.15) is 46.3 Å². The molecule has 1 amide bonds. The molecule has 1 heterocycles. The number of benzene rings is 3. The highest BCUT2D eigenvalue weighted by Gasteiger charge is 2.17. The number of phenolic OH excluding ortho intramolecular Hbond substituents is 1. The van der Waals surface area contributed by atoms with Crippen LogP contribution in [0, 0.1) is 0 Å². The highest BCUT2D eigenvalue weighted by Crippen LogP contribution is 2.32. The highest BCUT2D eigenvalue weighted by atomic mass is 16.5. The van der Waals surface area contributed by atoms with E-state index in [1.807, 2.05) is 47.4 Å². The fraction of sp³-hybridized carbons (Fsp3) is 0.273. The molecule has 1 aliphatic rings. The number of hydrogen-bond acceptors (Lipinski definition) is 7. The summed E-state index contributed by atoms with van der Waals surface area (Å²) in [6, 6.07) is 15.5. The molecule has 0 bridgehead atoms. The van der Waals surface area contributed by atoms with Crippen LogP contribution in [-0.4, -0.2) is 62.7 Å². The lowest BCUT2D eigenvalue weighted by atomic mass is 10.0. The number of methoxy groups -OCH3 is 3. The summed E-state index contributed by atoms with van der Waals surface area (Å²) in [6.45, 7) is 1.63. The molecule has 0 spiro atoms. The lowest BCUT2D eigenvalue weighted by Crippen LogP contribution is -2.38. The number of ketones is 1. The minimum Gasteiger partial charge on any atom is -0.507 e. The molecule has 3 aromatic rings. The van der Waals surface area contributed by atoms with Gasteiger partial charge in [-0.25, -0.2) is 0 Å². The van der Waals surface area contributed by atoms with Gasteiger partial charge in [0.2, 0.25) is 0 Å². The molecule has 214 valence electrons. The summed E-state index contributed by atoms with van der Waals surface area (Å²) in [4.78, 5) is 27.2. The van der Waals surface area contributed by atoms with Crippen LogP contribution in [0.3, 0.4) is 0 Å². The van der Waals surface area contributed by atoms with Gasteiger partial charge >= 0.3 is 0 Å². The molecule has 0 saturated carbocycles. The van der Waals surface area contributed by atoms with Crippen molar-refractivity contribution in [1.29, 1.82) is 0 Å². The number of nitrogens with zero attached hydrogens (tertiary/aromatic N) is 1. The van der Waals surface area contributed by atoms with Gasteiger partial charge in [-0.15, -0.1) is 0 Å². The molecule has 1 N–H and O–H groups in total. The molecule has 0 unspecified atom stereocenters. The van der Waals surface area contributed by atoms with Crippen LogP contribution in [0.4, 0.5) is 0 Å². The normalized spacial score (nSPS) is 13.4. The van der Waals surface area contributed by atoms with Gasteiger partial charge in [-0.2, -0.15) is 0 Å². The Kier molecular flexibility index (Phi) is 10.0. The molecule has 0 aromatic heterocycles. The number of amides is 1. The van der Waals surface area contributed by atoms with Gasteiger partial charge in [-0.1, -0.05) is 24.3 Å². The standard InChI is InChI=1S/C33H35NO7/c1-38-26-13-15-30(35)29(20-26)31(36)16-14-28-24(19-27(39-2)21-32(28)40-3)10-7-23-8-11-25(12-9-23)41-22-33(37)34-17-5-4-6-18-34/h7-16,19-21,35H,4-6,17-18,22H2,1-3H3/b10-7+,16-14+. The van der Waals surface area contributed by atoms with Crippen LogP contribution in [-0.2, 0) is 4.79 Å². The maximum absolute atomic E-state index is 12.9. The second-order valence-corrected chi connectivity index (χ2v) is 9.55. The Balaban J connectivity index is 1.51. The number of piperidine rings is 1. The van der Waals surface area contributed by atoms with E-state index in [-0.39, 0.29) is 29.6 Å². The highest BCUT2D eigenvalue weighted by molar-refractivity contribution is 6.09. The summed E-state index contributed by atoms with van der Waals surface area (Å²) in [5.41, 5.74) is 2.46. The van der Waals surface area contributed by atoms with Gasteiger partial charge in [-0.05, 0) is 78.9 Å². The largest absolute Gasteiger partial charge is 0.507 e. The molecular weight excluding hydrogens is 522 g/mol. The van der Waals surface area contributed by atoms with E-state index in [0.717, 1.165) is 37.1 Å². The summed E-state index contributed by atoms with van der Waals surface area (Å²) < 4.78 is 21.9. The minimum atomic E-state index is -0.386. The maximum Gasteiger partial charge on any atom is 0.260 e. The van der Waals surface area contributed by atoms with Crippen molar-refractivity contribution in [3.05, 3.63) is 82.9 Å². The van der Waals surface area contributed by atoms with Gasteiger partial charge in [0, 0.05) is 24.7 Å². The average Bonchev–Trinajstić information content (AvgIpc) is 3.02. The van der Waals surface area contributed by atoms with Crippen LogP contribution in [0.2, 0.25) is 0 Å². The van der Waals surface area contributed by atoms with Crippen molar-refractivity contribution in [1.82, 2.24) is 4.90 Å². The van der Waals surface area contributed by atoms with Gasteiger partial charge in [0.1, 0.15) is 28.7 Å². The molecule has 1 aliphatic heterocycles. The number of carbonyl (C=O) groups is 2. The summed E-state index contributed by atoms with van der Waals surface area (Å²) in [7, 11) is 4.61. The molecule has 1 saturated heterocycles. The number of carbonyl (C=O) groups excluding carboxylic acids is 2. The fourth-order valence-corrected chi connectivity index (χ4v) is 4.55. The summed E-state index contributed by atoms with van der Waals surface area (Å²) in [6.07, 6.45) is 10.1. The summed E-state index contributed by atoms with van der Waals surface area (Å²) in [5, 5.41) is 10.2. The van der Waals surface area contributed by atoms with E-state index >= 15 is 0 Å². The molecule has 3 aromatic carbocycles. The first-order chi connectivity index (χ1) is 19.9. The summed E-state index contributed by atoms with van der Waals surface area (Å²) >= 11 is 0. The lowest BCUT2D eigenvalue weighted by molar-refractivity contribution is -0.134. The first kappa shape index (κ1) is 29.3. The van der Waals surface area contributed by atoms with Crippen molar-refractivity contribution < 1.29 is 33.6 Å². The smallest absolute Gasteiger partial charge is 0.260 e. The number of allylic oxidation sites excluding steroid dienone is 1. The Morgan fingerprint density at radius 1 is 0.805 bits per heavy atom. The second kappa shape index (κ2) is 14.1. The predicted molar refractivity (Wildman–Crippen MR) is 159 cm³/mol. The molecule has 0 radical (unpaired) electrons. The molecule has 1 fully saturated rings. The van der Waals surface area contributed by atoms with E-state index in [2.05, 4.69) is 0 Å². The lowest BCUT2D eigenvalue weighted by Gasteiger charge is -2.26. The van der Waals surface area contributed by atoms with E-state index in [1.54, 1.807) is 32.4 Å². The van der Waals surface area contributed by atoms with Crippen LogP contribution < -0.4 is 18.9 Å². The van der Waals surface area contributed by atoms with E-state index in [1.165, 1.54) is 31.7 Å². The molecule has 8 nitrogen and oxygen atoms in total. The third kappa shape index (κ3) is 7.69. The minimum absolute atomic E-state index is 0.0151. The molecule has 8 heteroatoms. The Hall–Kier alpha value is -4.72. The SMILES string of the molecule is COc1cc(/C=C/c2ccc(OCC(=O)N3CCCCC3)cc2)c(/C=C/C(=O)c2cc(OC)ccc2O)c(OC)c1. The third-order valence-electron chi connectivity index (χ3n) is 6.88. The van der Waals surface area contributed by atoms with E-state index in [4.69, 9.17) is 18.9 Å². The van der Waals surface area contributed by atoms with E-state index in [9.17, 15) is 14.7 Å². The van der Waals surface area contributed by atoms with Crippen LogP contribution >= 0.6 is 0 Å². The molecule has 41 heavy (non-hydrogen) atoms. The first-order valence-corrected chi connectivity index (χ1v) is 13.5. The molecule has 0 atom stereocenters. The van der Waals surface area contributed by atoms with Crippen molar-refractivity contribution >= 4 is 29.9 Å². The second-order valence-electron chi connectivity index (χ2n) is 9.55. The van der Waals surface area contributed by atoms with Crippen molar-refractivity contribution in [2.75, 3.05) is 41.0 Å². The number of ether oxygens (including phenoxy) is 4. The number of aromatic hydroxyl groups is 1. The topological polar surface area (TPSA) is 94.5 Å². The molecular formula is C33H35NO7. The van der Waals surface area contributed by atoms with Crippen molar-refractivity contribution in [2.45, 2.75) is 19.3 Å². The zero-order chi connectivity index (χ0) is 29.2. The number of rotatable bonds is 11.